The van der Waals surface area contributed by atoms with Gasteiger partial charge < -0.3 is 14.6 Å². The van der Waals surface area contributed by atoms with Crippen molar-refractivity contribution in [2.45, 2.75) is 50.6 Å². The molecule has 2 saturated heterocycles. The molecule has 1 N–H and O–H groups in total. The van der Waals surface area contributed by atoms with Crippen LogP contribution in [-0.4, -0.2) is 35.0 Å². The van der Waals surface area contributed by atoms with Gasteiger partial charge >= 0.3 is 5.97 Å². The molecular formula is C15H18O4. The third kappa shape index (κ3) is 1.24. The maximum atomic E-state index is 11.8. The summed E-state index contributed by atoms with van der Waals surface area (Å²) < 4.78 is 11.3. The number of allylic oxidation sites excluding steroid dienone is 1. The van der Waals surface area contributed by atoms with Crippen LogP contribution in [0.4, 0.5) is 0 Å². The Labute approximate surface area is 112 Å². The summed E-state index contributed by atoms with van der Waals surface area (Å²) in [5, 5.41) is 10.4. The summed E-state index contributed by atoms with van der Waals surface area (Å²) in [6.07, 6.45) is 0.881. The van der Waals surface area contributed by atoms with E-state index in [0.717, 1.165) is 18.4 Å². The van der Waals surface area contributed by atoms with Gasteiger partial charge in [0.05, 0.1) is 5.92 Å². The van der Waals surface area contributed by atoms with E-state index in [-0.39, 0.29) is 35.6 Å². The fraction of sp³-hybridized carbons (Fsp3) is 0.667. The van der Waals surface area contributed by atoms with E-state index in [0.29, 0.717) is 5.57 Å². The van der Waals surface area contributed by atoms with Crippen molar-refractivity contribution in [1.29, 1.82) is 0 Å². The summed E-state index contributed by atoms with van der Waals surface area (Å²) in [6, 6.07) is 0. The SMILES string of the molecule is C=C1C(=O)O[C@H]2[C@H]1CCC(C)=C1[C@H](O)[C@@H]3O[C@]3(C)[C@@H]12. The number of carbonyl (C=O) groups excluding carboxylic acids is 1. The molecule has 3 fully saturated rings. The van der Waals surface area contributed by atoms with Gasteiger partial charge in [0.15, 0.2) is 0 Å². The quantitative estimate of drug-likeness (QED) is 0.310. The normalized spacial score (nSPS) is 51.4. The van der Waals surface area contributed by atoms with Gasteiger partial charge in [-0.15, -0.1) is 0 Å². The summed E-state index contributed by atoms with van der Waals surface area (Å²) in [5.74, 6) is -0.226. The van der Waals surface area contributed by atoms with Crippen molar-refractivity contribution < 1.29 is 19.4 Å². The van der Waals surface area contributed by atoms with Crippen LogP contribution < -0.4 is 0 Å². The lowest BCUT2D eigenvalue weighted by Gasteiger charge is -2.28. The number of carbonyl (C=O) groups is 1. The monoisotopic (exact) mass is 262 g/mol. The zero-order valence-corrected chi connectivity index (χ0v) is 11.2. The number of hydrogen-bond donors (Lipinski definition) is 1. The van der Waals surface area contributed by atoms with Crippen LogP contribution in [0, 0.1) is 11.8 Å². The van der Waals surface area contributed by atoms with Gasteiger partial charge in [0.1, 0.15) is 23.9 Å². The Morgan fingerprint density at radius 2 is 2.21 bits per heavy atom. The van der Waals surface area contributed by atoms with Gasteiger partial charge in [-0.2, -0.15) is 0 Å². The minimum Gasteiger partial charge on any atom is -0.458 e. The van der Waals surface area contributed by atoms with Crippen LogP contribution in [0.2, 0.25) is 0 Å². The molecule has 0 aromatic rings. The molecule has 4 heteroatoms. The number of rotatable bonds is 0. The lowest BCUT2D eigenvalue weighted by Crippen LogP contribution is -2.35. The number of aliphatic hydroxyl groups is 1. The molecular weight excluding hydrogens is 244 g/mol. The topological polar surface area (TPSA) is 59.1 Å². The van der Waals surface area contributed by atoms with Crippen LogP contribution in [0.25, 0.3) is 0 Å². The Bertz CT molecular complexity index is 534. The zero-order chi connectivity index (χ0) is 13.5. The minimum absolute atomic E-state index is 0.0109. The second-order valence-electron chi connectivity index (χ2n) is 6.42. The van der Waals surface area contributed by atoms with Crippen molar-refractivity contribution in [2.75, 3.05) is 0 Å². The van der Waals surface area contributed by atoms with Gasteiger partial charge in [-0.3, -0.25) is 0 Å². The molecule has 0 spiro atoms. The van der Waals surface area contributed by atoms with E-state index in [2.05, 4.69) is 13.5 Å². The lowest BCUT2D eigenvalue weighted by molar-refractivity contribution is -0.141. The first kappa shape index (κ1) is 11.7. The summed E-state index contributed by atoms with van der Waals surface area (Å²) in [7, 11) is 0. The number of aliphatic hydroxyl groups excluding tert-OH is 1. The molecule has 0 amide bonds. The first-order valence-electron chi connectivity index (χ1n) is 6.90. The molecule has 102 valence electrons. The smallest absolute Gasteiger partial charge is 0.334 e. The van der Waals surface area contributed by atoms with Crippen LogP contribution in [-0.2, 0) is 14.3 Å². The first-order chi connectivity index (χ1) is 8.95. The van der Waals surface area contributed by atoms with Gasteiger partial charge in [0.25, 0.3) is 0 Å². The summed E-state index contributed by atoms with van der Waals surface area (Å²) in [5.41, 5.74) is 2.50. The number of fused-ring (bicyclic) bond motifs is 5. The van der Waals surface area contributed by atoms with Gasteiger partial charge in [0, 0.05) is 11.5 Å². The summed E-state index contributed by atoms with van der Waals surface area (Å²) >= 11 is 0. The highest BCUT2D eigenvalue weighted by Crippen LogP contribution is 2.61. The van der Waals surface area contributed by atoms with Crippen molar-refractivity contribution in [3.63, 3.8) is 0 Å². The largest absolute Gasteiger partial charge is 0.458 e. The molecule has 0 bridgehead atoms. The van der Waals surface area contributed by atoms with Crippen LogP contribution >= 0.6 is 0 Å². The molecule has 2 heterocycles. The number of esters is 1. The molecule has 0 radical (unpaired) electrons. The van der Waals surface area contributed by atoms with Crippen LogP contribution in [0.1, 0.15) is 26.7 Å². The van der Waals surface area contributed by atoms with Crippen molar-refractivity contribution in [1.82, 2.24) is 0 Å². The van der Waals surface area contributed by atoms with Crippen molar-refractivity contribution in [3.8, 4) is 0 Å². The molecule has 4 nitrogen and oxygen atoms in total. The van der Waals surface area contributed by atoms with Gasteiger partial charge in [-0.25, -0.2) is 4.79 Å². The van der Waals surface area contributed by atoms with E-state index in [4.69, 9.17) is 9.47 Å². The molecule has 19 heavy (non-hydrogen) atoms. The highest BCUT2D eigenvalue weighted by Gasteiger charge is 2.72. The Balaban J connectivity index is 1.83. The maximum Gasteiger partial charge on any atom is 0.334 e. The predicted octanol–water partition coefficient (Wildman–Crippen LogP) is 1.34. The Kier molecular flexibility index (Phi) is 2.03. The molecule has 0 unspecified atom stereocenters. The predicted molar refractivity (Wildman–Crippen MR) is 67.2 cm³/mol. The zero-order valence-electron chi connectivity index (χ0n) is 11.2. The molecule has 2 aliphatic heterocycles. The fourth-order valence-corrected chi connectivity index (χ4v) is 4.33. The molecule has 0 aromatic heterocycles. The molecule has 6 atom stereocenters. The fourth-order valence-electron chi connectivity index (χ4n) is 4.33. The van der Waals surface area contributed by atoms with Crippen LogP contribution in [0.3, 0.4) is 0 Å². The van der Waals surface area contributed by atoms with Gasteiger partial charge in [-0.1, -0.05) is 12.2 Å². The molecule has 1 saturated carbocycles. The van der Waals surface area contributed by atoms with E-state index in [1.165, 1.54) is 5.57 Å². The van der Waals surface area contributed by atoms with Crippen molar-refractivity contribution in [3.05, 3.63) is 23.3 Å². The molecule has 4 rings (SSSR count). The summed E-state index contributed by atoms with van der Waals surface area (Å²) in [4.78, 5) is 11.8. The van der Waals surface area contributed by atoms with Crippen LogP contribution in [0.15, 0.2) is 23.3 Å². The lowest BCUT2D eigenvalue weighted by atomic mass is 9.81. The first-order valence-corrected chi connectivity index (χ1v) is 6.90. The van der Waals surface area contributed by atoms with Crippen molar-refractivity contribution in [2.24, 2.45) is 11.8 Å². The highest BCUT2D eigenvalue weighted by atomic mass is 16.6. The standard InChI is InChI=1S/C15H18O4/c1-6-4-5-8-7(2)14(17)18-12(8)10-9(6)11(16)13-15(10,3)19-13/h8,10-13,16H,2,4-5H2,1,3H3/t8-,10-,11-,12-,13-,15+/m0/s1. The van der Waals surface area contributed by atoms with Crippen LogP contribution in [0.5, 0.6) is 0 Å². The van der Waals surface area contributed by atoms with Gasteiger partial charge in [0.2, 0.25) is 0 Å². The number of ether oxygens (including phenoxy) is 2. The van der Waals surface area contributed by atoms with E-state index in [1.54, 1.807) is 0 Å². The third-order valence-electron chi connectivity index (χ3n) is 5.45. The van der Waals surface area contributed by atoms with Crippen molar-refractivity contribution >= 4 is 5.97 Å². The molecule has 4 aliphatic rings. The second kappa shape index (κ2) is 3.30. The second-order valence-corrected chi connectivity index (χ2v) is 6.42. The summed E-state index contributed by atoms with van der Waals surface area (Å²) in [6.45, 7) is 7.98. The van der Waals surface area contributed by atoms with E-state index in [9.17, 15) is 9.90 Å². The van der Waals surface area contributed by atoms with E-state index < -0.39 is 6.10 Å². The Morgan fingerprint density at radius 1 is 1.47 bits per heavy atom. The Morgan fingerprint density at radius 3 is 2.95 bits per heavy atom. The highest BCUT2D eigenvalue weighted by molar-refractivity contribution is 5.91. The minimum atomic E-state index is -0.540. The average molecular weight is 262 g/mol. The number of epoxide rings is 1. The average Bonchev–Trinajstić information content (AvgIpc) is 2.94. The van der Waals surface area contributed by atoms with E-state index in [1.807, 2.05) is 6.92 Å². The van der Waals surface area contributed by atoms with Gasteiger partial charge in [-0.05, 0) is 32.3 Å². The molecule has 0 aromatic carbocycles. The van der Waals surface area contributed by atoms with E-state index >= 15 is 0 Å². The molecule has 2 aliphatic carbocycles. The third-order valence-corrected chi connectivity index (χ3v) is 5.45. The Hall–Kier alpha value is -1.13. The maximum absolute atomic E-state index is 11.8. The number of hydrogen-bond acceptors (Lipinski definition) is 4.